The third-order valence-electron chi connectivity index (χ3n) is 2.83. The molecule has 0 fully saturated rings. The number of halogens is 1. The molecule has 0 saturated heterocycles. The maximum atomic E-state index is 12.2. The number of anilines is 2. The highest BCUT2D eigenvalue weighted by Gasteiger charge is 2.10. The molecule has 0 bridgehead atoms. The molecule has 4 nitrogen and oxygen atoms in total. The van der Waals surface area contributed by atoms with Crippen molar-refractivity contribution < 1.29 is 9.59 Å². The Kier molecular flexibility index (Phi) is 4.95. The Morgan fingerprint density at radius 3 is 2.05 bits per heavy atom. The van der Waals surface area contributed by atoms with Crippen LogP contribution in [0.5, 0.6) is 0 Å². The molecule has 2 aromatic rings. The zero-order chi connectivity index (χ0) is 15.4. The van der Waals surface area contributed by atoms with Crippen molar-refractivity contribution >= 4 is 45.8 Å². The minimum absolute atomic E-state index is 0.124. The van der Waals surface area contributed by atoms with Gasteiger partial charge in [-0.1, -0.05) is 11.6 Å². The summed E-state index contributed by atoms with van der Waals surface area (Å²) in [5, 5.41) is 5.52. The first-order valence-corrected chi connectivity index (χ1v) is 7.49. The van der Waals surface area contributed by atoms with Gasteiger partial charge in [-0.05, 0) is 65.9 Å². The predicted molar refractivity (Wildman–Crippen MR) is 92.6 cm³/mol. The molecular weight excluding hydrogens is 379 g/mol. The van der Waals surface area contributed by atoms with E-state index in [0.29, 0.717) is 16.9 Å². The number of benzene rings is 2. The molecule has 2 aromatic carbocycles. The third-order valence-corrected chi connectivity index (χ3v) is 3.72. The third kappa shape index (κ3) is 4.29. The van der Waals surface area contributed by atoms with E-state index in [1.54, 1.807) is 24.3 Å². The second-order valence-corrected chi connectivity index (χ2v) is 5.86. The summed E-state index contributed by atoms with van der Waals surface area (Å²) in [6, 6.07) is 12.7. The van der Waals surface area contributed by atoms with Gasteiger partial charge >= 0.3 is 0 Å². The van der Waals surface area contributed by atoms with Crippen molar-refractivity contribution in [3.8, 4) is 0 Å². The van der Waals surface area contributed by atoms with E-state index >= 15 is 0 Å². The lowest BCUT2D eigenvalue weighted by Crippen LogP contribution is -2.13. The summed E-state index contributed by atoms with van der Waals surface area (Å²) < 4.78 is 0.917. The lowest BCUT2D eigenvalue weighted by Gasteiger charge is -2.08. The molecule has 0 saturated carbocycles. The molecule has 2 rings (SSSR count). The van der Waals surface area contributed by atoms with Gasteiger partial charge in [0.2, 0.25) is 5.91 Å². The largest absolute Gasteiger partial charge is 0.326 e. The highest BCUT2D eigenvalue weighted by molar-refractivity contribution is 14.1. The zero-order valence-electron chi connectivity index (χ0n) is 11.7. The molecule has 0 aliphatic carbocycles. The highest BCUT2D eigenvalue weighted by atomic mass is 127. The summed E-state index contributed by atoms with van der Waals surface area (Å²) in [4.78, 5) is 23.2. The number of nitrogens with one attached hydrogen (secondary N) is 2. The van der Waals surface area contributed by atoms with Crippen LogP contribution in [0.2, 0.25) is 0 Å². The van der Waals surface area contributed by atoms with Gasteiger partial charge in [-0.15, -0.1) is 0 Å². The normalized spacial score (nSPS) is 10.0. The molecule has 0 radical (unpaired) electrons. The van der Waals surface area contributed by atoms with E-state index in [0.717, 1.165) is 9.13 Å². The molecule has 0 heterocycles. The number of amides is 2. The molecule has 0 aliphatic rings. The highest BCUT2D eigenvalue weighted by Crippen LogP contribution is 2.18. The summed E-state index contributed by atoms with van der Waals surface area (Å²) >= 11 is 2.15. The number of hydrogen-bond donors (Lipinski definition) is 2. The molecule has 0 aliphatic heterocycles. The van der Waals surface area contributed by atoms with Crippen molar-refractivity contribution in [1.29, 1.82) is 0 Å². The Labute approximate surface area is 137 Å². The summed E-state index contributed by atoms with van der Waals surface area (Å²) in [7, 11) is 0. The molecule has 0 spiro atoms. The second-order valence-electron chi connectivity index (χ2n) is 4.70. The van der Waals surface area contributed by atoms with Crippen LogP contribution in [0.4, 0.5) is 11.4 Å². The zero-order valence-corrected chi connectivity index (χ0v) is 13.9. The van der Waals surface area contributed by atoms with Gasteiger partial charge in [0.1, 0.15) is 0 Å². The molecule has 2 amide bonds. The van der Waals surface area contributed by atoms with Crippen LogP contribution in [0.25, 0.3) is 0 Å². The van der Waals surface area contributed by atoms with Gasteiger partial charge in [0.05, 0.1) is 5.56 Å². The van der Waals surface area contributed by atoms with Crippen molar-refractivity contribution in [1.82, 2.24) is 0 Å². The van der Waals surface area contributed by atoms with Crippen LogP contribution in [0.1, 0.15) is 22.8 Å². The lowest BCUT2D eigenvalue weighted by atomic mass is 10.1. The Morgan fingerprint density at radius 2 is 1.52 bits per heavy atom. The number of carbonyl (C=O) groups excluding carboxylic acids is 2. The summed E-state index contributed by atoms with van der Waals surface area (Å²) in [6.45, 7) is 3.44. The van der Waals surface area contributed by atoms with Crippen molar-refractivity contribution in [2.24, 2.45) is 0 Å². The molecule has 5 heteroatoms. The smallest absolute Gasteiger partial charge is 0.256 e. The molecule has 0 aromatic heterocycles. The van der Waals surface area contributed by atoms with E-state index < -0.39 is 0 Å². The van der Waals surface area contributed by atoms with Crippen molar-refractivity contribution in [2.75, 3.05) is 10.6 Å². The van der Waals surface area contributed by atoms with Crippen LogP contribution in [-0.4, -0.2) is 11.8 Å². The second kappa shape index (κ2) is 6.71. The minimum atomic E-state index is -0.147. The van der Waals surface area contributed by atoms with E-state index in [2.05, 4.69) is 33.2 Å². The molecule has 0 atom stereocenters. The Morgan fingerprint density at radius 1 is 0.952 bits per heavy atom. The number of rotatable bonds is 3. The molecule has 0 unspecified atom stereocenters. The topological polar surface area (TPSA) is 58.2 Å². The van der Waals surface area contributed by atoms with Gasteiger partial charge < -0.3 is 10.6 Å². The van der Waals surface area contributed by atoms with Gasteiger partial charge in [-0.25, -0.2) is 0 Å². The molecular formula is C16H15IN2O2. The fourth-order valence-electron chi connectivity index (χ4n) is 1.84. The van der Waals surface area contributed by atoms with Crippen LogP contribution < -0.4 is 10.6 Å². The van der Waals surface area contributed by atoms with Crippen molar-refractivity contribution in [2.45, 2.75) is 13.8 Å². The fourth-order valence-corrected chi connectivity index (χ4v) is 2.76. The SMILES string of the molecule is CC(=O)Nc1ccc(NC(=O)c2ccc(C)cc2I)cc1. The fraction of sp³-hybridized carbons (Fsp3) is 0.125. The average Bonchev–Trinajstić information content (AvgIpc) is 2.40. The first-order valence-electron chi connectivity index (χ1n) is 6.41. The Hall–Kier alpha value is -1.89. The number of aryl methyl sites for hydroxylation is 1. The first-order chi connectivity index (χ1) is 9.95. The quantitative estimate of drug-likeness (QED) is 0.778. The summed E-state index contributed by atoms with van der Waals surface area (Å²) in [5.74, 6) is -0.271. The van der Waals surface area contributed by atoms with E-state index in [1.165, 1.54) is 6.92 Å². The lowest BCUT2D eigenvalue weighted by molar-refractivity contribution is -0.114. The summed E-state index contributed by atoms with van der Waals surface area (Å²) in [5.41, 5.74) is 3.15. The van der Waals surface area contributed by atoms with Crippen molar-refractivity contribution in [3.63, 3.8) is 0 Å². The monoisotopic (exact) mass is 394 g/mol. The number of hydrogen-bond acceptors (Lipinski definition) is 2. The minimum Gasteiger partial charge on any atom is -0.326 e. The van der Waals surface area contributed by atoms with Gasteiger partial charge in [0.15, 0.2) is 0 Å². The summed E-state index contributed by atoms with van der Waals surface area (Å²) in [6.07, 6.45) is 0. The molecule has 21 heavy (non-hydrogen) atoms. The van der Waals surface area contributed by atoms with Crippen LogP contribution in [0, 0.1) is 10.5 Å². The van der Waals surface area contributed by atoms with Crippen molar-refractivity contribution in [3.05, 3.63) is 57.2 Å². The van der Waals surface area contributed by atoms with E-state index in [4.69, 9.17) is 0 Å². The Bertz CT molecular complexity index is 681. The number of carbonyl (C=O) groups is 2. The molecule has 2 N–H and O–H groups in total. The van der Waals surface area contributed by atoms with E-state index in [1.807, 2.05) is 25.1 Å². The van der Waals surface area contributed by atoms with Gasteiger partial charge in [0.25, 0.3) is 5.91 Å². The van der Waals surface area contributed by atoms with Gasteiger partial charge in [0, 0.05) is 21.9 Å². The molecule has 108 valence electrons. The van der Waals surface area contributed by atoms with Gasteiger partial charge in [-0.3, -0.25) is 9.59 Å². The van der Waals surface area contributed by atoms with E-state index in [9.17, 15) is 9.59 Å². The van der Waals surface area contributed by atoms with Gasteiger partial charge in [-0.2, -0.15) is 0 Å². The first kappa shape index (κ1) is 15.5. The van der Waals surface area contributed by atoms with Crippen LogP contribution in [0.3, 0.4) is 0 Å². The van der Waals surface area contributed by atoms with E-state index in [-0.39, 0.29) is 11.8 Å². The predicted octanol–water partition coefficient (Wildman–Crippen LogP) is 3.81. The maximum Gasteiger partial charge on any atom is 0.256 e. The van der Waals surface area contributed by atoms with Crippen LogP contribution >= 0.6 is 22.6 Å². The van der Waals surface area contributed by atoms with Crippen LogP contribution in [0.15, 0.2) is 42.5 Å². The van der Waals surface area contributed by atoms with Crippen LogP contribution in [-0.2, 0) is 4.79 Å². The maximum absolute atomic E-state index is 12.2. The standard InChI is InChI=1S/C16H15IN2O2/c1-10-3-8-14(15(17)9-10)16(21)19-13-6-4-12(5-7-13)18-11(2)20/h3-9H,1-2H3,(H,18,20)(H,19,21). The Balaban J connectivity index is 2.10. The average molecular weight is 394 g/mol.